The molecule has 254 valence electrons. The van der Waals surface area contributed by atoms with Gasteiger partial charge in [-0.2, -0.15) is 0 Å². The average Bonchev–Trinajstić information content (AvgIpc) is 3.34. The third kappa shape index (κ3) is 13.7. The van der Waals surface area contributed by atoms with Crippen LogP contribution >= 0.6 is 0 Å². The van der Waals surface area contributed by atoms with Crippen LogP contribution in [0.2, 0.25) is 10.8 Å². The number of hydrogen-bond donors (Lipinski definition) is 0. The molecule has 1 aliphatic rings. The zero-order valence-corrected chi connectivity index (χ0v) is 31.0. The maximum atomic E-state index is 11.9. The van der Waals surface area contributed by atoms with Crippen molar-refractivity contribution >= 4 is 11.4 Å². The fourth-order valence-corrected chi connectivity index (χ4v) is 6.76. The number of hydrogen-bond acceptors (Lipinski definition) is 0. The Labute approximate surface area is 284 Å². The molecule has 0 amide bonds. The van der Waals surface area contributed by atoms with Crippen LogP contribution in [0.3, 0.4) is 0 Å². The maximum absolute atomic E-state index is 11.9. The number of benzene rings is 2. The molecule has 2 aromatic carbocycles. The monoisotopic (exact) mass is 656 g/mol. The molecule has 0 bridgehead atoms. The van der Waals surface area contributed by atoms with E-state index in [2.05, 4.69) is 90.1 Å². The fourth-order valence-electron chi connectivity index (χ4n) is 6.26. The quantitative estimate of drug-likeness (QED) is 0.0684. The van der Waals surface area contributed by atoms with Crippen LogP contribution in [-0.4, -0.2) is 4.70 Å². The van der Waals surface area contributed by atoms with Crippen molar-refractivity contribution in [2.24, 2.45) is 0 Å². The molecule has 0 radical (unpaired) electrons. The van der Waals surface area contributed by atoms with Crippen molar-refractivity contribution in [1.82, 2.24) is 0 Å². The van der Waals surface area contributed by atoms with Crippen LogP contribution in [-0.2, 0) is 27.3 Å². The SMILES string of the molecule is CCCCCCCCc1cccc(C2=C(CCCC)C(CCCC)=C(c3cccc(CCCCCC)c3)[N+]2=[N-])c1.C[CH2][Ni][CH2]C. The van der Waals surface area contributed by atoms with Crippen molar-refractivity contribution in [3.63, 3.8) is 0 Å². The fraction of sp³-hybridized carbons (Fsp3) is 0.619. The van der Waals surface area contributed by atoms with Crippen LogP contribution in [0.25, 0.3) is 16.9 Å². The van der Waals surface area contributed by atoms with Crippen molar-refractivity contribution in [3.05, 3.63) is 87.5 Å². The van der Waals surface area contributed by atoms with Gasteiger partial charge in [-0.15, -0.1) is 0 Å². The zero-order chi connectivity index (χ0) is 32.7. The summed E-state index contributed by atoms with van der Waals surface area (Å²) in [5.74, 6) is 0. The van der Waals surface area contributed by atoms with Crippen LogP contribution in [0.1, 0.15) is 167 Å². The van der Waals surface area contributed by atoms with Crippen molar-refractivity contribution < 1.29 is 19.1 Å². The molecule has 3 rings (SSSR count). The summed E-state index contributed by atoms with van der Waals surface area (Å²) in [6.45, 7) is 13.5. The van der Waals surface area contributed by atoms with Gasteiger partial charge in [0.1, 0.15) is 0 Å². The molecule has 0 atom stereocenters. The number of nitrogens with zero attached hydrogens (tertiary/aromatic N) is 2. The standard InChI is InChI=1S/C38H56N2.2C2H5.Ni/c1-5-9-13-15-16-18-22-32-24-20-26-34(30-32)38-36(28-12-8-4)35(27-11-7-3)37(40(38)39)33-25-19-23-31(29-33)21-17-14-10-6-2;2*1-2;/h19-20,23-26,29-30H,5-18,21-22,27-28H2,1-4H3;2*1H2,2H3;. The first-order chi connectivity index (χ1) is 22.1. The summed E-state index contributed by atoms with van der Waals surface area (Å²) in [5.41, 5.74) is 21.8. The summed E-state index contributed by atoms with van der Waals surface area (Å²) in [7, 11) is 0. The Bertz CT molecular complexity index is 1170. The first-order valence-electron chi connectivity index (χ1n) is 18.6. The van der Waals surface area contributed by atoms with Gasteiger partial charge in [0.05, 0.1) is 0 Å². The zero-order valence-electron chi connectivity index (χ0n) is 30.0. The van der Waals surface area contributed by atoms with Gasteiger partial charge in [0.15, 0.2) is 0 Å². The van der Waals surface area contributed by atoms with Crippen LogP contribution in [0.4, 0.5) is 0 Å². The van der Waals surface area contributed by atoms with Crippen LogP contribution in [0, 0.1) is 0 Å². The molecule has 0 aromatic heterocycles. The van der Waals surface area contributed by atoms with E-state index in [1.54, 1.807) is 4.70 Å². The first kappa shape index (κ1) is 39.2. The molecule has 0 aliphatic carbocycles. The van der Waals surface area contributed by atoms with Crippen molar-refractivity contribution in [2.75, 3.05) is 0 Å². The van der Waals surface area contributed by atoms with E-state index in [4.69, 9.17) is 0 Å². The Morgan fingerprint density at radius 3 is 1.29 bits per heavy atom. The normalized spacial score (nSPS) is 13.2. The molecule has 1 aliphatic heterocycles. The molecule has 2 nitrogen and oxygen atoms in total. The summed E-state index contributed by atoms with van der Waals surface area (Å²) in [6, 6.07) is 18.0. The third-order valence-electron chi connectivity index (χ3n) is 8.78. The molecule has 0 fully saturated rings. The predicted octanol–water partition coefficient (Wildman–Crippen LogP) is 14.2. The number of aryl methyl sites for hydroxylation is 2. The van der Waals surface area contributed by atoms with Gasteiger partial charge in [0, 0.05) is 22.3 Å². The topological polar surface area (TPSA) is 25.3 Å². The van der Waals surface area contributed by atoms with Gasteiger partial charge in [-0.3, -0.25) is 0 Å². The Kier molecular flexibility index (Phi) is 21.1. The second kappa shape index (κ2) is 24.2. The van der Waals surface area contributed by atoms with E-state index in [0.29, 0.717) is 0 Å². The summed E-state index contributed by atoms with van der Waals surface area (Å²) in [5, 5.41) is 2.56. The summed E-state index contributed by atoms with van der Waals surface area (Å²) in [6.07, 6.45) is 21.9. The van der Waals surface area contributed by atoms with Crippen molar-refractivity contribution in [2.45, 2.75) is 168 Å². The molecule has 0 saturated carbocycles. The molecule has 0 N–H and O–H groups in total. The first-order valence-corrected chi connectivity index (χ1v) is 20.0. The Hall–Kier alpha value is -1.99. The van der Waals surface area contributed by atoms with Gasteiger partial charge in [-0.25, -0.2) is 4.70 Å². The Morgan fingerprint density at radius 2 is 0.889 bits per heavy atom. The molecule has 2 aromatic rings. The van der Waals surface area contributed by atoms with Gasteiger partial charge >= 0.3 is 39.1 Å². The Morgan fingerprint density at radius 1 is 0.489 bits per heavy atom. The van der Waals surface area contributed by atoms with Crippen molar-refractivity contribution in [3.8, 4) is 0 Å². The second-order valence-electron chi connectivity index (χ2n) is 12.5. The molecular weight excluding hydrogens is 591 g/mol. The van der Waals surface area contributed by atoms with Gasteiger partial charge in [-0.1, -0.05) is 116 Å². The molecule has 0 spiro atoms. The molecule has 0 saturated heterocycles. The molecule has 3 heteroatoms. The van der Waals surface area contributed by atoms with E-state index in [-0.39, 0.29) is 0 Å². The predicted molar refractivity (Wildman–Crippen MR) is 195 cm³/mol. The number of allylic oxidation sites excluding steroid dienone is 2. The van der Waals surface area contributed by atoms with Crippen LogP contribution < -0.4 is 0 Å². The van der Waals surface area contributed by atoms with E-state index in [1.807, 2.05) is 14.4 Å². The molecular formula is C42H66N2Ni. The van der Waals surface area contributed by atoms with Crippen molar-refractivity contribution in [1.29, 1.82) is 0 Å². The van der Waals surface area contributed by atoms with Crippen LogP contribution in [0.15, 0.2) is 59.7 Å². The third-order valence-corrected chi connectivity index (χ3v) is 9.76. The minimum atomic E-state index is 1.02. The number of rotatable bonds is 22. The van der Waals surface area contributed by atoms with E-state index < -0.39 is 0 Å². The van der Waals surface area contributed by atoms with Gasteiger partial charge < -0.3 is 5.53 Å². The van der Waals surface area contributed by atoms with Gasteiger partial charge in [0.2, 0.25) is 11.4 Å². The second-order valence-corrected chi connectivity index (χ2v) is 14.4. The van der Waals surface area contributed by atoms with E-state index in [0.717, 1.165) is 73.9 Å². The molecule has 45 heavy (non-hydrogen) atoms. The number of unbranched alkanes of at least 4 members (excludes halogenated alkanes) is 10. The van der Waals surface area contributed by atoms with Crippen LogP contribution in [0.5, 0.6) is 0 Å². The summed E-state index contributed by atoms with van der Waals surface area (Å²) < 4.78 is 1.57. The van der Waals surface area contributed by atoms with Gasteiger partial charge in [-0.05, 0) is 86.8 Å². The average molecular weight is 658 g/mol. The summed E-state index contributed by atoms with van der Waals surface area (Å²) >= 11 is 1.82. The van der Waals surface area contributed by atoms with Gasteiger partial charge in [0.25, 0.3) is 0 Å². The van der Waals surface area contributed by atoms with E-state index >= 15 is 0 Å². The van der Waals surface area contributed by atoms with E-state index in [9.17, 15) is 5.53 Å². The minimum absolute atomic E-state index is 1.02. The Balaban J connectivity index is 0.00000130. The van der Waals surface area contributed by atoms with E-state index in [1.165, 1.54) is 97.3 Å². The molecule has 1 heterocycles. The summed E-state index contributed by atoms with van der Waals surface area (Å²) in [4.78, 5) is 0. The molecule has 0 unspecified atom stereocenters.